The third-order valence-electron chi connectivity index (χ3n) is 3.87. The fraction of sp³-hybridized carbons (Fsp3) is 0.105. The van der Waals surface area contributed by atoms with Gasteiger partial charge in [0.05, 0.1) is 10.9 Å². The van der Waals surface area contributed by atoms with E-state index >= 15 is 0 Å². The highest BCUT2D eigenvalue weighted by Gasteiger charge is 2.25. The molecular formula is C19H17ClN2O3S2. The van der Waals surface area contributed by atoms with Gasteiger partial charge >= 0.3 is 0 Å². The summed E-state index contributed by atoms with van der Waals surface area (Å²) in [5, 5.41) is 2.80. The SMILES string of the molecule is CN(CC(=O)Nc1ccccc1-c1ccccc1)S(=O)(=O)c1ccc(Cl)s1. The molecule has 3 rings (SSSR count). The molecule has 0 aliphatic carbocycles. The van der Waals surface area contributed by atoms with E-state index in [0.29, 0.717) is 10.0 Å². The zero-order valence-corrected chi connectivity index (χ0v) is 16.8. The van der Waals surface area contributed by atoms with Crippen molar-refractivity contribution in [2.75, 3.05) is 18.9 Å². The maximum Gasteiger partial charge on any atom is 0.252 e. The summed E-state index contributed by atoms with van der Waals surface area (Å²) in [6.45, 7) is -0.305. The number of nitrogens with zero attached hydrogens (tertiary/aromatic N) is 1. The molecule has 0 aliphatic rings. The van der Waals surface area contributed by atoms with Gasteiger partial charge in [-0.15, -0.1) is 11.3 Å². The van der Waals surface area contributed by atoms with Gasteiger partial charge in [-0.05, 0) is 23.8 Å². The lowest BCUT2D eigenvalue weighted by Gasteiger charge is -2.17. The highest BCUT2D eigenvalue weighted by Crippen LogP contribution is 2.29. The van der Waals surface area contributed by atoms with Crippen molar-refractivity contribution < 1.29 is 13.2 Å². The van der Waals surface area contributed by atoms with Crippen LogP contribution in [0.4, 0.5) is 5.69 Å². The number of carbonyl (C=O) groups excluding carboxylic acids is 1. The van der Waals surface area contributed by atoms with Crippen LogP contribution in [0.3, 0.4) is 0 Å². The Morgan fingerprint density at radius 1 is 1.04 bits per heavy atom. The third-order valence-corrected chi connectivity index (χ3v) is 7.37. The van der Waals surface area contributed by atoms with Crippen molar-refractivity contribution in [3.8, 4) is 11.1 Å². The molecule has 0 radical (unpaired) electrons. The second-order valence-electron chi connectivity index (χ2n) is 5.78. The second-order valence-corrected chi connectivity index (χ2v) is 9.77. The van der Waals surface area contributed by atoms with Crippen molar-refractivity contribution in [2.45, 2.75) is 4.21 Å². The second kappa shape index (κ2) is 8.22. The van der Waals surface area contributed by atoms with E-state index in [-0.39, 0.29) is 10.8 Å². The minimum Gasteiger partial charge on any atom is -0.324 e. The van der Waals surface area contributed by atoms with Gasteiger partial charge in [-0.3, -0.25) is 4.79 Å². The number of anilines is 1. The lowest BCUT2D eigenvalue weighted by atomic mass is 10.0. The van der Waals surface area contributed by atoms with Gasteiger partial charge in [0.2, 0.25) is 5.91 Å². The molecule has 1 N–H and O–H groups in total. The van der Waals surface area contributed by atoms with E-state index in [2.05, 4.69) is 5.32 Å². The molecule has 0 saturated carbocycles. The van der Waals surface area contributed by atoms with E-state index in [1.54, 1.807) is 6.07 Å². The molecule has 2 aromatic carbocycles. The summed E-state index contributed by atoms with van der Waals surface area (Å²) in [7, 11) is -2.39. The van der Waals surface area contributed by atoms with E-state index in [1.165, 1.54) is 19.2 Å². The Labute approximate surface area is 167 Å². The first-order chi connectivity index (χ1) is 12.9. The van der Waals surface area contributed by atoms with Crippen molar-refractivity contribution in [1.29, 1.82) is 0 Å². The lowest BCUT2D eigenvalue weighted by Crippen LogP contribution is -2.34. The van der Waals surface area contributed by atoms with E-state index in [1.807, 2.05) is 48.5 Å². The Balaban J connectivity index is 1.75. The zero-order valence-electron chi connectivity index (χ0n) is 14.4. The van der Waals surface area contributed by atoms with Crippen LogP contribution < -0.4 is 5.32 Å². The summed E-state index contributed by atoms with van der Waals surface area (Å²) in [6.07, 6.45) is 0. The number of hydrogen-bond acceptors (Lipinski definition) is 4. The van der Waals surface area contributed by atoms with Gasteiger partial charge in [0.1, 0.15) is 4.21 Å². The van der Waals surface area contributed by atoms with Crippen LogP contribution in [-0.2, 0) is 14.8 Å². The van der Waals surface area contributed by atoms with Gasteiger partial charge in [-0.1, -0.05) is 60.1 Å². The van der Waals surface area contributed by atoms with Gasteiger partial charge in [0.25, 0.3) is 10.0 Å². The predicted molar refractivity (Wildman–Crippen MR) is 110 cm³/mol. The molecule has 27 heavy (non-hydrogen) atoms. The number of likely N-dealkylation sites (N-methyl/N-ethyl adjacent to an activating group) is 1. The van der Waals surface area contributed by atoms with Crippen molar-refractivity contribution >= 4 is 44.6 Å². The molecular weight excluding hydrogens is 404 g/mol. The topological polar surface area (TPSA) is 66.5 Å². The highest BCUT2D eigenvalue weighted by atomic mass is 35.5. The van der Waals surface area contributed by atoms with E-state index in [9.17, 15) is 13.2 Å². The molecule has 0 bridgehead atoms. The Hall–Kier alpha value is -2.19. The molecule has 1 heterocycles. The molecule has 1 aromatic heterocycles. The van der Waals surface area contributed by atoms with E-state index < -0.39 is 15.9 Å². The first-order valence-electron chi connectivity index (χ1n) is 8.04. The standard InChI is InChI=1S/C19H17ClN2O3S2/c1-22(27(24,25)19-12-11-17(20)26-19)13-18(23)21-16-10-6-5-9-15(16)14-7-3-2-4-8-14/h2-12H,13H2,1H3,(H,21,23). The van der Waals surface area contributed by atoms with Crippen molar-refractivity contribution in [3.05, 3.63) is 71.1 Å². The van der Waals surface area contributed by atoms with Crippen LogP contribution in [0.1, 0.15) is 0 Å². The van der Waals surface area contributed by atoms with Crippen LogP contribution in [0.5, 0.6) is 0 Å². The van der Waals surface area contributed by atoms with Gasteiger partial charge in [0, 0.05) is 18.3 Å². The number of thiophene rings is 1. The van der Waals surface area contributed by atoms with Crippen molar-refractivity contribution in [2.24, 2.45) is 0 Å². The molecule has 3 aromatic rings. The maximum absolute atomic E-state index is 12.5. The fourth-order valence-electron chi connectivity index (χ4n) is 2.53. The molecule has 0 atom stereocenters. The average molecular weight is 421 g/mol. The lowest BCUT2D eigenvalue weighted by molar-refractivity contribution is -0.116. The Morgan fingerprint density at radius 2 is 1.70 bits per heavy atom. The maximum atomic E-state index is 12.5. The van der Waals surface area contributed by atoms with Gasteiger partial charge in [-0.25, -0.2) is 8.42 Å². The van der Waals surface area contributed by atoms with Gasteiger partial charge < -0.3 is 5.32 Å². The molecule has 5 nitrogen and oxygen atoms in total. The normalized spacial score (nSPS) is 11.5. The molecule has 0 spiro atoms. The minimum atomic E-state index is -3.76. The fourth-order valence-corrected chi connectivity index (χ4v) is 5.35. The zero-order chi connectivity index (χ0) is 19.4. The van der Waals surface area contributed by atoms with Crippen LogP contribution in [0.2, 0.25) is 4.34 Å². The number of nitrogens with one attached hydrogen (secondary N) is 1. The minimum absolute atomic E-state index is 0.104. The quantitative estimate of drug-likeness (QED) is 0.645. The summed E-state index contributed by atoms with van der Waals surface area (Å²) in [5.74, 6) is -0.424. The van der Waals surface area contributed by atoms with E-state index in [0.717, 1.165) is 26.8 Å². The Morgan fingerprint density at radius 3 is 2.37 bits per heavy atom. The Kier molecular flexibility index (Phi) is 5.96. The first kappa shape index (κ1) is 19.6. The van der Waals surface area contributed by atoms with Crippen LogP contribution in [0.25, 0.3) is 11.1 Å². The third kappa shape index (κ3) is 4.56. The molecule has 0 fully saturated rings. The van der Waals surface area contributed by atoms with Crippen molar-refractivity contribution in [1.82, 2.24) is 4.31 Å². The number of benzene rings is 2. The number of carbonyl (C=O) groups is 1. The molecule has 0 saturated heterocycles. The highest BCUT2D eigenvalue weighted by molar-refractivity contribution is 7.91. The first-order valence-corrected chi connectivity index (χ1v) is 10.7. The molecule has 1 amide bonds. The van der Waals surface area contributed by atoms with Crippen LogP contribution >= 0.6 is 22.9 Å². The Bertz CT molecular complexity index is 1050. The summed E-state index contributed by atoms with van der Waals surface area (Å²) in [4.78, 5) is 12.4. The predicted octanol–water partition coefficient (Wildman–Crippen LogP) is 4.33. The van der Waals surface area contributed by atoms with Crippen LogP contribution in [-0.4, -0.2) is 32.2 Å². The summed E-state index contributed by atoms with van der Waals surface area (Å²) in [6, 6.07) is 20.0. The van der Waals surface area contributed by atoms with Gasteiger partial charge in [0.15, 0.2) is 0 Å². The van der Waals surface area contributed by atoms with Crippen LogP contribution in [0.15, 0.2) is 70.9 Å². The summed E-state index contributed by atoms with van der Waals surface area (Å²) >= 11 is 6.77. The largest absolute Gasteiger partial charge is 0.324 e. The summed E-state index contributed by atoms with van der Waals surface area (Å²) < 4.78 is 26.5. The smallest absolute Gasteiger partial charge is 0.252 e. The number of rotatable bonds is 6. The van der Waals surface area contributed by atoms with Crippen molar-refractivity contribution in [3.63, 3.8) is 0 Å². The number of sulfonamides is 1. The molecule has 140 valence electrons. The monoisotopic (exact) mass is 420 g/mol. The van der Waals surface area contributed by atoms with E-state index in [4.69, 9.17) is 11.6 Å². The molecule has 8 heteroatoms. The summed E-state index contributed by atoms with van der Waals surface area (Å²) in [5.41, 5.74) is 2.45. The van der Waals surface area contributed by atoms with Gasteiger partial charge in [-0.2, -0.15) is 4.31 Å². The number of para-hydroxylation sites is 1. The van der Waals surface area contributed by atoms with Crippen LogP contribution in [0, 0.1) is 0 Å². The number of hydrogen-bond donors (Lipinski definition) is 1. The average Bonchev–Trinajstić information content (AvgIpc) is 3.10. The molecule has 0 aliphatic heterocycles. The molecule has 0 unspecified atom stereocenters. The number of halogens is 1. The number of amides is 1.